The maximum absolute atomic E-state index is 11.1. The second kappa shape index (κ2) is 5.60. The van der Waals surface area contributed by atoms with Crippen LogP contribution in [0.25, 0.3) is 0 Å². The first kappa shape index (κ1) is 11.8. The number of rotatable bonds is 4. The second-order valence-electron chi connectivity index (χ2n) is 3.73. The van der Waals surface area contributed by atoms with E-state index in [0.717, 1.165) is 13.1 Å². The smallest absolute Gasteiger partial charge is 0.254 e. The van der Waals surface area contributed by atoms with Crippen molar-refractivity contribution < 1.29 is 14.3 Å². The topological polar surface area (TPSA) is 86.5 Å². The molecule has 1 aromatic rings. The number of hydrogen-bond donors (Lipinski definition) is 2. The van der Waals surface area contributed by atoms with E-state index in [1.165, 1.54) is 0 Å². The lowest BCUT2D eigenvalue weighted by Crippen LogP contribution is -2.41. The molecule has 17 heavy (non-hydrogen) atoms. The number of nitrogens with two attached hydrogens (primary N) is 1. The van der Waals surface area contributed by atoms with Gasteiger partial charge < -0.3 is 20.5 Å². The predicted octanol–water partition coefficient (Wildman–Crippen LogP) is -0.452. The number of primary amides is 1. The SMILES string of the molecule is NC(=O)c1cccnc1OCC1CNCCO1. The molecule has 0 aliphatic carbocycles. The summed E-state index contributed by atoms with van der Waals surface area (Å²) in [7, 11) is 0. The van der Waals surface area contributed by atoms with Gasteiger partial charge in [0.15, 0.2) is 0 Å². The van der Waals surface area contributed by atoms with Gasteiger partial charge in [0.1, 0.15) is 18.3 Å². The van der Waals surface area contributed by atoms with Crippen LogP contribution >= 0.6 is 0 Å². The Morgan fingerprint density at radius 2 is 2.59 bits per heavy atom. The van der Waals surface area contributed by atoms with E-state index in [1.54, 1.807) is 18.3 Å². The monoisotopic (exact) mass is 237 g/mol. The van der Waals surface area contributed by atoms with Crippen LogP contribution in [0.3, 0.4) is 0 Å². The van der Waals surface area contributed by atoms with Crippen LogP contribution in [-0.2, 0) is 4.74 Å². The lowest BCUT2D eigenvalue weighted by Gasteiger charge is -2.23. The highest BCUT2D eigenvalue weighted by atomic mass is 16.5. The van der Waals surface area contributed by atoms with Gasteiger partial charge in [-0.2, -0.15) is 0 Å². The van der Waals surface area contributed by atoms with Gasteiger partial charge in [-0.25, -0.2) is 4.98 Å². The van der Waals surface area contributed by atoms with Crippen molar-refractivity contribution in [3.63, 3.8) is 0 Å². The molecular formula is C11H15N3O3. The third-order valence-electron chi connectivity index (χ3n) is 2.45. The van der Waals surface area contributed by atoms with Crippen molar-refractivity contribution >= 4 is 5.91 Å². The summed E-state index contributed by atoms with van der Waals surface area (Å²) in [5, 5.41) is 3.19. The van der Waals surface area contributed by atoms with Crippen LogP contribution < -0.4 is 15.8 Å². The highest BCUT2D eigenvalue weighted by molar-refractivity contribution is 5.94. The van der Waals surface area contributed by atoms with Gasteiger partial charge in [0.25, 0.3) is 5.91 Å². The Morgan fingerprint density at radius 1 is 1.71 bits per heavy atom. The number of nitrogens with one attached hydrogen (secondary N) is 1. The van der Waals surface area contributed by atoms with Crippen molar-refractivity contribution in [2.75, 3.05) is 26.3 Å². The molecule has 1 fully saturated rings. The lowest BCUT2D eigenvalue weighted by molar-refractivity contribution is -0.000912. The fourth-order valence-electron chi connectivity index (χ4n) is 1.59. The molecular weight excluding hydrogens is 222 g/mol. The summed E-state index contributed by atoms with van der Waals surface area (Å²) in [6.45, 7) is 2.61. The van der Waals surface area contributed by atoms with Crippen LogP contribution in [0.1, 0.15) is 10.4 Å². The lowest BCUT2D eigenvalue weighted by atomic mass is 10.2. The Balaban J connectivity index is 1.96. The molecule has 2 heterocycles. The van der Waals surface area contributed by atoms with Gasteiger partial charge in [-0.05, 0) is 12.1 Å². The molecule has 0 saturated carbocycles. The van der Waals surface area contributed by atoms with Gasteiger partial charge in [-0.3, -0.25) is 4.79 Å². The number of carbonyl (C=O) groups is 1. The third-order valence-corrected chi connectivity index (χ3v) is 2.45. The van der Waals surface area contributed by atoms with E-state index in [-0.39, 0.29) is 17.5 Å². The summed E-state index contributed by atoms with van der Waals surface area (Å²) in [5.74, 6) is -0.287. The Kier molecular flexibility index (Phi) is 3.89. The average Bonchev–Trinajstić information content (AvgIpc) is 2.38. The molecule has 6 heteroatoms. The molecule has 1 aliphatic heterocycles. The minimum absolute atomic E-state index is 0.0218. The molecule has 1 amide bonds. The van der Waals surface area contributed by atoms with E-state index in [0.29, 0.717) is 13.2 Å². The first-order chi connectivity index (χ1) is 8.27. The van der Waals surface area contributed by atoms with E-state index in [2.05, 4.69) is 10.3 Å². The molecule has 0 spiro atoms. The highest BCUT2D eigenvalue weighted by Crippen LogP contribution is 2.14. The van der Waals surface area contributed by atoms with Crippen LogP contribution in [0.4, 0.5) is 0 Å². The molecule has 1 saturated heterocycles. The van der Waals surface area contributed by atoms with Crippen LogP contribution in [0, 0.1) is 0 Å². The summed E-state index contributed by atoms with van der Waals surface area (Å²) in [6.07, 6.45) is 1.54. The maximum Gasteiger partial charge on any atom is 0.254 e. The second-order valence-corrected chi connectivity index (χ2v) is 3.73. The molecule has 1 aliphatic rings. The standard InChI is InChI=1S/C11H15N3O3/c12-10(15)9-2-1-3-14-11(9)17-7-8-6-13-4-5-16-8/h1-3,8,13H,4-7H2,(H2,12,15). The number of amides is 1. The maximum atomic E-state index is 11.1. The molecule has 0 radical (unpaired) electrons. The number of morpholine rings is 1. The first-order valence-corrected chi connectivity index (χ1v) is 5.47. The van der Waals surface area contributed by atoms with Crippen molar-refractivity contribution in [1.82, 2.24) is 10.3 Å². The zero-order chi connectivity index (χ0) is 12.1. The van der Waals surface area contributed by atoms with Crippen LogP contribution in [0.15, 0.2) is 18.3 Å². The number of nitrogens with zero attached hydrogens (tertiary/aromatic N) is 1. The molecule has 1 unspecified atom stereocenters. The number of aromatic nitrogens is 1. The molecule has 3 N–H and O–H groups in total. The van der Waals surface area contributed by atoms with Crippen LogP contribution in [0.5, 0.6) is 5.88 Å². The summed E-state index contributed by atoms with van der Waals surface area (Å²) >= 11 is 0. The molecule has 6 nitrogen and oxygen atoms in total. The van der Waals surface area contributed by atoms with Gasteiger partial charge in [-0.15, -0.1) is 0 Å². The van der Waals surface area contributed by atoms with Gasteiger partial charge in [0.2, 0.25) is 5.88 Å². The highest BCUT2D eigenvalue weighted by Gasteiger charge is 2.16. The Labute approximate surface area is 99.1 Å². The van der Waals surface area contributed by atoms with Crippen molar-refractivity contribution in [1.29, 1.82) is 0 Å². The summed E-state index contributed by atoms with van der Waals surface area (Å²) in [4.78, 5) is 15.1. The molecule has 0 bridgehead atoms. The van der Waals surface area contributed by atoms with E-state index in [9.17, 15) is 4.79 Å². The van der Waals surface area contributed by atoms with E-state index >= 15 is 0 Å². The third kappa shape index (κ3) is 3.15. The minimum atomic E-state index is -0.546. The Hall–Kier alpha value is -1.66. The number of carbonyl (C=O) groups excluding carboxylic acids is 1. The first-order valence-electron chi connectivity index (χ1n) is 5.47. The van der Waals surface area contributed by atoms with Crippen LogP contribution in [-0.4, -0.2) is 43.3 Å². The number of pyridine rings is 1. The van der Waals surface area contributed by atoms with Gasteiger partial charge in [0, 0.05) is 19.3 Å². The average molecular weight is 237 g/mol. The number of hydrogen-bond acceptors (Lipinski definition) is 5. The fourth-order valence-corrected chi connectivity index (χ4v) is 1.59. The largest absolute Gasteiger partial charge is 0.474 e. The predicted molar refractivity (Wildman–Crippen MR) is 60.9 cm³/mol. The normalized spacial score (nSPS) is 19.9. The minimum Gasteiger partial charge on any atom is -0.474 e. The van der Waals surface area contributed by atoms with Crippen molar-refractivity contribution in [2.24, 2.45) is 5.73 Å². The summed E-state index contributed by atoms with van der Waals surface area (Å²) < 4.78 is 10.9. The fraction of sp³-hybridized carbons (Fsp3) is 0.455. The van der Waals surface area contributed by atoms with Crippen molar-refractivity contribution in [3.05, 3.63) is 23.9 Å². The summed E-state index contributed by atoms with van der Waals surface area (Å²) in [6, 6.07) is 3.23. The van der Waals surface area contributed by atoms with Gasteiger partial charge in [-0.1, -0.05) is 0 Å². The van der Waals surface area contributed by atoms with Crippen molar-refractivity contribution in [3.8, 4) is 5.88 Å². The zero-order valence-corrected chi connectivity index (χ0v) is 9.39. The van der Waals surface area contributed by atoms with E-state index in [4.69, 9.17) is 15.2 Å². The molecule has 92 valence electrons. The molecule has 1 aromatic heterocycles. The molecule has 0 aromatic carbocycles. The van der Waals surface area contributed by atoms with E-state index < -0.39 is 5.91 Å². The van der Waals surface area contributed by atoms with Gasteiger partial charge >= 0.3 is 0 Å². The van der Waals surface area contributed by atoms with Crippen LogP contribution in [0.2, 0.25) is 0 Å². The summed E-state index contributed by atoms with van der Waals surface area (Å²) in [5.41, 5.74) is 5.51. The Morgan fingerprint density at radius 3 is 3.29 bits per heavy atom. The number of ether oxygens (including phenoxy) is 2. The molecule has 1 atom stereocenters. The quantitative estimate of drug-likeness (QED) is 0.740. The Bertz CT molecular complexity index is 391. The molecule has 2 rings (SSSR count). The zero-order valence-electron chi connectivity index (χ0n) is 9.39. The van der Waals surface area contributed by atoms with Gasteiger partial charge in [0.05, 0.1) is 6.61 Å². The van der Waals surface area contributed by atoms with Crippen molar-refractivity contribution in [2.45, 2.75) is 6.10 Å². The van der Waals surface area contributed by atoms with E-state index in [1.807, 2.05) is 0 Å².